The number of anilines is 1. The number of rotatable bonds is 3. The molecule has 88 valence electrons. The van der Waals surface area contributed by atoms with E-state index in [0.717, 1.165) is 0 Å². The predicted molar refractivity (Wildman–Crippen MR) is 63.9 cm³/mol. The van der Waals surface area contributed by atoms with Crippen LogP contribution in [0.15, 0.2) is 36.9 Å². The number of benzene rings is 1. The number of aromatic nitrogens is 2. The lowest BCUT2D eigenvalue weighted by Gasteiger charge is -2.08. The molecule has 0 spiro atoms. The Morgan fingerprint density at radius 3 is 3.00 bits per heavy atom. The lowest BCUT2D eigenvalue weighted by molar-refractivity contribution is 0.0526. The first-order chi connectivity index (χ1) is 8.22. The molecule has 1 aromatic carbocycles. The molecule has 2 N–H and O–H groups in total. The highest BCUT2D eigenvalue weighted by Crippen LogP contribution is 2.19. The number of esters is 1. The van der Waals surface area contributed by atoms with Gasteiger partial charge in [0.2, 0.25) is 0 Å². The zero-order chi connectivity index (χ0) is 12.3. The molecule has 0 fully saturated rings. The average Bonchev–Trinajstić information content (AvgIpc) is 2.83. The quantitative estimate of drug-likeness (QED) is 0.643. The second kappa shape index (κ2) is 4.69. The fourth-order valence-corrected chi connectivity index (χ4v) is 1.51. The Kier molecular flexibility index (Phi) is 3.09. The van der Waals surface area contributed by atoms with Crippen molar-refractivity contribution < 1.29 is 9.53 Å². The summed E-state index contributed by atoms with van der Waals surface area (Å²) in [5.74, 6) is -0.353. The first kappa shape index (κ1) is 11.2. The molecule has 1 aromatic heterocycles. The van der Waals surface area contributed by atoms with Crippen molar-refractivity contribution in [2.75, 3.05) is 12.3 Å². The van der Waals surface area contributed by atoms with Crippen molar-refractivity contribution >= 4 is 11.7 Å². The van der Waals surface area contributed by atoms with E-state index in [9.17, 15) is 4.79 Å². The Balaban J connectivity index is 2.40. The standard InChI is InChI=1S/C12H13N3O2/c1-2-17-12(16)9-3-4-10(13)11(7-9)15-6-5-14-8-15/h3-8H,2,13H2,1H3. The van der Waals surface area contributed by atoms with Crippen molar-refractivity contribution in [3.63, 3.8) is 0 Å². The van der Waals surface area contributed by atoms with Gasteiger partial charge in [-0.1, -0.05) is 0 Å². The number of hydrogen-bond acceptors (Lipinski definition) is 4. The summed E-state index contributed by atoms with van der Waals surface area (Å²) >= 11 is 0. The molecule has 17 heavy (non-hydrogen) atoms. The highest BCUT2D eigenvalue weighted by atomic mass is 16.5. The molecule has 0 radical (unpaired) electrons. The Bertz CT molecular complexity index is 521. The normalized spacial score (nSPS) is 10.2. The van der Waals surface area contributed by atoms with E-state index >= 15 is 0 Å². The topological polar surface area (TPSA) is 70.1 Å². The molecule has 0 bridgehead atoms. The minimum absolute atomic E-state index is 0.351. The molecular weight excluding hydrogens is 218 g/mol. The minimum Gasteiger partial charge on any atom is -0.462 e. The van der Waals surface area contributed by atoms with Crippen LogP contribution in [0.1, 0.15) is 17.3 Å². The van der Waals surface area contributed by atoms with Gasteiger partial charge in [-0.2, -0.15) is 0 Å². The Hall–Kier alpha value is -2.30. The summed E-state index contributed by atoms with van der Waals surface area (Å²) in [5.41, 5.74) is 7.63. The van der Waals surface area contributed by atoms with Gasteiger partial charge in [0.15, 0.2) is 0 Å². The van der Waals surface area contributed by atoms with E-state index in [0.29, 0.717) is 23.5 Å². The van der Waals surface area contributed by atoms with E-state index < -0.39 is 0 Å². The lowest BCUT2D eigenvalue weighted by Crippen LogP contribution is -2.07. The van der Waals surface area contributed by atoms with Crippen molar-refractivity contribution in [2.24, 2.45) is 0 Å². The van der Waals surface area contributed by atoms with Gasteiger partial charge in [-0.3, -0.25) is 0 Å². The molecule has 0 atom stereocenters. The first-order valence-electron chi connectivity index (χ1n) is 5.27. The number of nitrogens with two attached hydrogens (primary N) is 1. The monoisotopic (exact) mass is 231 g/mol. The smallest absolute Gasteiger partial charge is 0.338 e. The van der Waals surface area contributed by atoms with Gasteiger partial charge in [-0.25, -0.2) is 9.78 Å². The van der Waals surface area contributed by atoms with Gasteiger partial charge in [0.1, 0.15) is 0 Å². The van der Waals surface area contributed by atoms with Gasteiger partial charge >= 0.3 is 5.97 Å². The van der Waals surface area contributed by atoms with Crippen LogP contribution in [-0.4, -0.2) is 22.1 Å². The molecule has 0 saturated carbocycles. The average molecular weight is 231 g/mol. The number of nitrogens with zero attached hydrogens (tertiary/aromatic N) is 2. The SMILES string of the molecule is CCOC(=O)c1ccc(N)c(-n2ccnc2)c1. The third-order valence-corrected chi connectivity index (χ3v) is 2.32. The van der Waals surface area contributed by atoms with E-state index in [1.165, 1.54) is 0 Å². The second-order valence-electron chi connectivity index (χ2n) is 3.46. The number of nitrogen functional groups attached to an aromatic ring is 1. The molecule has 5 heteroatoms. The zero-order valence-electron chi connectivity index (χ0n) is 9.46. The van der Waals surface area contributed by atoms with Gasteiger partial charge in [0.25, 0.3) is 0 Å². The molecule has 0 aliphatic carbocycles. The first-order valence-corrected chi connectivity index (χ1v) is 5.27. The van der Waals surface area contributed by atoms with Gasteiger partial charge in [-0.05, 0) is 25.1 Å². The third-order valence-electron chi connectivity index (χ3n) is 2.32. The van der Waals surface area contributed by atoms with Crippen LogP contribution < -0.4 is 5.73 Å². The van der Waals surface area contributed by atoms with Gasteiger partial charge in [0, 0.05) is 12.4 Å². The maximum absolute atomic E-state index is 11.6. The zero-order valence-corrected chi connectivity index (χ0v) is 9.46. The molecule has 5 nitrogen and oxygen atoms in total. The number of imidazole rings is 1. The fraction of sp³-hybridized carbons (Fsp3) is 0.167. The maximum atomic E-state index is 11.6. The van der Waals surface area contributed by atoms with Crippen LogP contribution in [0.25, 0.3) is 5.69 Å². The molecular formula is C12H13N3O2. The van der Waals surface area contributed by atoms with Crippen molar-refractivity contribution in [2.45, 2.75) is 6.92 Å². The van der Waals surface area contributed by atoms with Crippen LogP contribution in [0.3, 0.4) is 0 Å². The molecule has 2 aromatic rings. The molecule has 0 aliphatic rings. The molecule has 0 saturated heterocycles. The number of carbonyl (C=O) groups is 1. The largest absolute Gasteiger partial charge is 0.462 e. The molecule has 0 aliphatic heterocycles. The van der Waals surface area contributed by atoms with Crippen molar-refractivity contribution in [1.82, 2.24) is 9.55 Å². The van der Waals surface area contributed by atoms with Gasteiger partial charge in [0.05, 0.1) is 29.9 Å². The summed E-state index contributed by atoms with van der Waals surface area (Å²) in [7, 11) is 0. The highest BCUT2D eigenvalue weighted by Gasteiger charge is 2.09. The molecule has 2 rings (SSSR count). The van der Waals surface area contributed by atoms with E-state index in [-0.39, 0.29) is 5.97 Å². The van der Waals surface area contributed by atoms with Crippen LogP contribution >= 0.6 is 0 Å². The summed E-state index contributed by atoms with van der Waals surface area (Å²) in [6, 6.07) is 5.02. The summed E-state index contributed by atoms with van der Waals surface area (Å²) < 4.78 is 6.68. The van der Waals surface area contributed by atoms with Crippen molar-refractivity contribution in [1.29, 1.82) is 0 Å². The molecule has 0 unspecified atom stereocenters. The van der Waals surface area contributed by atoms with Crippen molar-refractivity contribution in [3.05, 3.63) is 42.5 Å². The Morgan fingerprint density at radius 1 is 1.53 bits per heavy atom. The highest BCUT2D eigenvalue weighted by molar-refractivity contribution is 5.91. The summed E-state index contributed by atoms with van der Waals surface area (Å²) in [6.07, 6.45) is 5.04. The summed E-state index contributed by atoms with van der Waals surface area (Å²) in [5, 5.41) is 0. The van der Waals surface area contributed by atoms with E-state index in [2.05, 4.69) is 4.98 Å². The van der Waals surface area contributed by atoms with E-state index in [1.807, 2.05) is 0 Å². The second-order valence-corrected chi connectivity index (χ2v) is 3.46. The third kappa shape index (κ3) is 2.28. The lowest BCUT2D eigenvalue weighted by atomic mass is 10.1. The van der Waals surface area contributed by atoms with Crippen LogP contribution in [-0.2, 0) is 4.74 Å². The Morgan fingerprint density at radius 2 is 2.35 bits per heavy atom. The van der Waals surface area contributed by atoms with Crippen LogP contribution in [0.5, 0.6) is 0 Å². The number of hydrogen-bond donors (Lipinski definition) is 1. The summed E-state index contributed by atoms with van der Waals surface area (Å²) in [4.78, 5) is 15.5. The number of carbonyl (C=O) groups excluding carboxylic acids is 1. The van der Waals surface area contributed by atoms with Crippen LogP contribution in [0.4, 0.5) is 5.69 Å². The number of ether oxygens (including phenoxy) is 1. The molecule has 1 heterocycles. The van der Waals surface area contributed by atoms with Crippen molar-refractivity contribution in [3.8, 4) is 5.69 Å². The fourth-order valence-electron chi connectivity index (χ4n) is 1.51. The van der Waals surface area contributed by atoms with Gasteiger partial charge in [-0.15, -0.1) is 0 Å². The van der Waals surface area contributed by atoms with Crippen LogP contribution in [0.2, 0.25) is 0 Å². The predicted octanol–water partition coefficient (Wildman–Crippen LogP) is 1.63. The van der Waals surface area contributed by atoms with Gasteiger partial charge < -0.3 is 15.0 Å². The molecule has 0 amide bonds. The van der Waals surface area contributed by atoms with Crippen LogP contribution in [0, 0.1) is 0 Å². The Labute approximate surface area is 98.8 Å². The van der Waals surface area contributed by atoms with E-state index in [4.69, 9.17) is 10.5 Å². The maximum Gasteiger partial charge on any atom is 0.338 e. The minimum atomic E-state index is -0.353. The summed E-state index contributed by atoms with van der Waals surface area (Å²) in [6.45, 7) is 2.12. The van der Waals surface area contributed by atoms with E-state index in [1.54, 1.807) is 48.4 Å².